The van der Waals surface area contributed by atoms with Crippen molar-refractivity contribution < 1.29 is 14.4 Å². The number of hydrogen-bond donors (Lipinski definition) is 0. The van der Waals surface area contributed by atoms with Gasteiger partial charge in [-0.15, -0.1) is 0 Å². The van der Waals surface area contributed by atoms with Gasteiger partial charge >= 0.3 is 0 Å². The van der Waals surface area contributed by atoms with Gasteiger partial charge in [-0.05, 0) is 19.3 Å². The van der Waals surface area contributed by atoms with Crippen molar-refractivity contribution in [2.75, 3.05) is 6.54 Å². The fraction of sp³-hybridized carbons (Fsp3) is 0.769. The molecular formula is C13H21NO3. The molecule has 1 rings (SSSR count). The van der Waals surface area contributed by atoms with Crippen LogP contribution >= 0.6 is 0 Å². The Morgan fingerprint density at radius 3 is 2.53 bits per heavy atom. The summed E-state index contributed by atoms with van der Waals surface area (Å²) in [4.78, 5) is 35.8. The first-order chi connectivity index (χ1) is 8.10. The minimum Gasteiger partial charge on any atom is -0.300 e. The van der Waals surface area contributed by atoms with Gasteiger partial charge in [0.2, 0.25) is 11.8 Å². The summed E-state index contributed by atoms with van der Waals surface area (Å²) in [6.45, 7) is 4.26. The smallest absolute Gasteiger partial charge is 0.232 e. The number of hydrogen-bond acceptors (Lipinski definition) is 3. The van der Waals surface area contributed by atoms with Crippen LogP contribution in [0.25, 0.3) is 0 Å². The maximum Gasteiger partial charge on any atom is 0.232 e. The van der Waals surface area contributed by atoms with Crippen molar-refractivity contribution in [3.05, 3.63) is 0 Å². The Morgan fingerprint density at radius 1 is 1.29 bits per heavy atom. The second-order valence-electron chi connectivity index (χ2n) is 4.54. The molecule has 17 heavy (non-hydrogen) atoms. The van der Waals surface area contributed by atoms with Gasteiger partial charge in [-0.1, -0.05) is 13.8 Å². The third-order valence-corrected chi connectivity index (χ3v) is 3.31. The first-order valence-electron chi connectivity index (χ1n) is 6.46. The summed E-state index contributed by atoms with van der Waals surface area (Å²) in [6, 6.07) is 0. The number of amides is 2. The zero-order valence-electron chi connectivity index (χ0n) is 10.7. The Hall–Kier alpha value is -1.19. The molecule has 0 bridgehead atoms. The predicted octanol–water partition coefficient (Wildman–Crippen LogP) is 1.92. The molecular weight excluding hydrogens is 218 g/mol. The van der Waals surface area contributed by atoms with Crippen LogP contribution in [0.1, 0.15) is 52.4 Å². The Bertz CT molecular complexity index is 312. The maximum atomic E-state index is 11.8. The van der Waals surface area contributed by atoms with Gasteiger partial charge in [-0.3, -0.25) is 19.3 Å². The van der Waals surface area contributed by atoms with Crippen molar-refractivity contribution in [2.45, 2.75) is 52.4 Å². The fourth-order valence-electron chi connectivity index (χ4n) is 2.07. The predicted molar refractivity (Wildman–Crippen MR) is 64.3 cm³/mol. The normalized spacial score (nSPS) is 20.1. The second kappa shape index (κ2) is 6.52. The first-order valence-corrected chi connectivity index (χ1v) is 6.46. The third kappa shape index (κ3) is 3.65. The summed E-state index contributed by atoms with van der Waals surface area (Å²) in [6.07, 6.45) is 3.72. The zero-order chi connectivity index (χ0) is 12.8. The molecule has 1 heterocycles. The highest BCUT2D eigenvalue weighted by atomic mass is 16.2. The maximum absolute atomic E-state index is 11.8. The molecule has 1 fully saturated rings. The van der Waals surface area contributed by atoms with E-state index in [-0.39, 0.29) is 23.5 Å². The van der Waals surface area contributed by atoms with E-state index in [1.165, 1.54) is 4.90 Å². The van der Waals surface area contributed by atoms with Crippen LogP contribution in [0.15, 0.2) is 0 Å². The molecule has 0 aromatic heterocycles. The van der Waals surface area contributed by atoms with Crippen LogP contribution in [0.3, 0.4) is 0 Å². The van der Waals surface area contributed by atoms with Gasteiger partial charge in [0.15, 0.2) is 0 Å². The van der Waals surface area contributed by atoms with E-state index >= 15 is 0 Å². The lowest BCUT2D eigenvalue weighted by molar-refractivity contribution is -0.139. The van der Waals surface area contributed by atoms with Crippen LogP contribution in [0.2, 0.25) is 0 Å². The Labute approximate surface area is 102 Å². The number of Topliss-reactive ketones (excluding diaryl/α,β-unsaturated/α-hetero) is 1. The quantitative estimate of drug-likeness (QED) is 0.504. The van der Waals surface area contributed by atoms with E-state index < -0.39 is 0 Å². The van der Waals surface area contributed by atoms with E-state index in [2.05, 4.69) is 0 Å². The molecule has 96 valence electrons. The molecule has 4 heteroatoms. The SMILES string of the molecule is CCC(=O)CCCCN1C(=O)CC(CC)C1=O. The van der Waals surface area contributed by atoms with Crippen molar-refractivity contribution >= 4 is 17.6 Å². The summed E-state index contributed by atoms with van der Waals surface area (Å²) in [5.74, 6) is 0.0540. The standard InChI is InChI=1S/C13H21NO3/c1-3-10-9-12(16)14(13(10)17)8-6-5-7-11(15)4-2/h10H,3-9H2,1-2H3. The summed E-state index contributed by atoms with van der Waals surface area (Å²) in [7, 11) is 0. The van der Waals surface area contributed by atoms with E-state index in [4.69, 9.17) is 0 Å². The van der Waals surface area contributed by atoms with Gasteiger partial charge in [0.25, 0.3) is 0 Å². The molecule has 0 saturated carbocycles. The van der Waals surface area contributed by atoms with Crippen LogP contribution in [0, 0.1) is 5.92 Å². The molecule has 0 N–H and O–H groups in total. The molecule has 1 saturated heterocycles. The van der Waals surface area contributed by atoms with E-state index in [0.29, 0.717) is 25.8 Å². The summed E-state index contributed by atoms with van der Waals surface area (Å²) in [5.41, 5.74) is 0. The average Bonchev–Trinajstić information content (AvgIpc) is 2.60. The number of carbonyl (C=O) groups excluding carboxylic acids is 3. The van der Waals surface area contributed by atoms with Gasteiger partial charge in [0.05, 0.1) is 0 Å². The van der Waals surface area contributed by atoms with Crippen molar-refractivity contribution in [1.29, 1.82) is 0 Å². The molecule has 0 aromatic carbocycles. The van der Waals surface area contributed by atoms with Crippen LogP contribution in [-0.2, 0) is 14.4 Å². The molecule has 2 amide bonds. The molecule has 1 aliphatic heterocycles. The molecule has 0 aliphatic carbocycles. The van der Waals surface area contributed by atoms with Crippen molar-refractivity contribution in [3.8, 4) is 0 Å². The molecule has 1 aliphatic rings. The minimum absolute atomic E-state index is 0.0284. The topological polar surface area (TPSA) is 54.5 Å². The Morgan fingerprint density at radius 2 is 2.00 bits per heavy atom. The lowest BCUT2D eigenvalue weighted by Gasteiger charge is -2.14. The number of likely N-dealkylation sites (tertiary alicyclic amines) is 1. The highest BCUT2D eigenvalue weighted by Crippen LogP contribution is 2.22. The van der Waals surface area contributed by atoms with Crippen LogP contribution in [0.4, 0.5) is 0 Å². The average molecular weight is 239 g/mol. The van der Waals surface area contributed by atoms with Crippen LogP contribution in [0.5, 0.6) is 0 Å². The first kappa shape index (κ1) is 13.9. The molecule has 0 aromatic rings. The van der Waals surface area contributed by atoms with Gasteiger partial charge in [-0.2, -0.15) is 0 Å². The van der Waals surface area contributed by atoms with E-state index in [9.17, 15) is 14.4 Å². The van der Waals surface area contributed by atoms with Crippen LogP contribution in [-0.4, -0.2) is 29.0 Å². The molecule has 0 radical (unpaired) electrons. The van der Waals surface area contributed by atoms with E-state index in [1.807, 2.05) is 13.8 Å². The zero-order valence-corrected chi connectivity index (χ0v) is 10.7. The highest BCUT2D eigenvalue weighted by molar-refractivity contribution is 6.03. The fourth-order valence-corrected chi connectivity index (χ4v) is 2.07. The minimum atomic E-state index is -0.111. The van der Waals surface area contributed by atoms with Crippen molar-refractivity contribution in [2.24, 2.45) is 5.92 Å². The van der Waals surface area contributed by atoms with Gasteiger partial charge < -0.3 is 0 Å². The molecule has 0 spiro atoms. The summed E-state index contributed by atoms with van der Waals surface area (Å²) in [5, 5.41) is 0. The van der Waals surface area contributed by atoms with Gasteiger partial charge in [-0.25, -0.2) is 0 Å². The third-order valence-electron chi connectivity index (χ3n) is 3.31. The molecule has 1 atom stereocenters. The largest absolute Gasteiger partial charge is 0.300 e. The van der Waals surface area contributed by atoms with Crippen LogP contribution < -0.4 is 0 Å². The Kier molecular flexibility index (Phi) is 5.32. The van der Waals surface area contributed by atoms with E-state index in [1.54, 1.807) is 0 Å². The number of rotatable bonds is 7. The monoisotopic (exact) mass is 239 g/mol. The van der Waals surface area contributed by atoms with Gasteiger partial charge in [0, 0.05) is 31.7 Å². The number of unbranched alkanes of at least 4 members (excludes halogenated alkanes) is 1. The number of carbonyl (C=O) groups is 3. The second-order valence-corrected chi connectivity index (χ2v) is 4.54. The molecule has 4 nitrogen and oxygen atoms in total. The van der Waals surface area contributed by atoms with E-state index in [0.717, 1.165) is 19.3 Å². The summed E-state index contributed by atoms with van der Waals surface area (Å²) < 4.78 is 0. The van der Waals surface area contributed by atoms with Crippen molar-refractivity contribution in [1.82, 2.24) is 4.90 Å². The number of ketones is 1. The lowest BCUT2D eigenvalue weighted by Crippen LogP contribution is -2.31. The summed E-state index contributed by atoms with van der Waals surface area (Å²) >= 11 is 0. The lowest BCUT2D eigenvalue weighted by atomic mass is 10.1. The van der Waals surface area contributed by atoms with Gasteiger partial charge in [0.1, 0.15) is 5.78 Å². The number of nitrogens with zero attached hydrogens (tertiary/aromatic N) is 1. The Balaban J connectivity index is 2.30. The van der Waals surface area contributed by atoms with Crippen molar-refractivity contribution in [3.63, 3.8) is 0 Å². The molecule has 1 unspecified atom stereocenters. The number of imide groups is 1. The highest BCUT2D eigenvalue weighted by Gasteiger charge is 2.36.